The third-order valence-corrected chi connectivity index (χ3v) is 3.58. The van der Waals surface area contributed by atoms with Crippen molar-refractivity contribution < 1.29 is 14.1 Å². The molecular formula is C18H14N4O4. The molecule has 0 spiro atoms. The first-order valence-corrected chi connectivity index (χ1v) is 7.64. The third kappa shape index (κ3) is 3.81. The van der Waals surface area contributed by atoms with Crippen molar-refractivity contribution in [3.63, 3.8) is 0 Å². The molecule has 130 valence electrons. The molecule has 0 fully saturated rings. The fourth-order valence-electron chi connectivity index (χ4n) is 2.26. The predicted octanol–water partition coefficient (Wildman–Crippen LogP) is 3.32. The number of nitro groups is 1. The van der Waals surface area contributed by atoms with Crippen molar-refractivity contribution >= 4 is 17.8 Å². The fourth-order valence-corrected chi connectivity index (χ4v) is 2.26. The maximum atomic E-state index is 11.8. The lowest BCUT2D eigenvalue weighted by molar-refractivity contribution is -0.384. The van der Waals surface area contributed by atoms with Crippen LogP contribution in [-0.2, 0) is 0 Å². The molecule has 3 aromatic rings. The minimum atomic E-state index is -0.457. The Labute approximate surface area is 148 Å². The smallest absolute Gasteiger partial charge is 0.289 e. The van der Waals surface area contributed by atoms with Crippen molar-refractivity contribution in [2.45, 2.75) is 6.92 Å². The zero-order chi connectivity index (χ0) is 18.5. The van der Waals surface area contributed by atoms with Crippen molar-refractivity contribution in [2.24, 2.45) is 5.10 Å². The molecule has 8 heteroatoms. The van der Waals surface area contributed by atoms with E-state index in [0.717, 1.165) is 5.56 Å². The number of hydrogen-bond acceptors (Lipinski definition) is 6. The Morgan fingerprint density at radius 1 is 1.27 bits per heavy atom. The number of hydrazone groups is 1. The topological polar surface area (TPSA) is 111 Å². The van der Waals surface area contributed by atoms with Gasteiger partial charge >= 0.3 is 0 Å². The number of benzene rings is 1. The van der Waals surface area contributed by atoms with E-state index in [9.17, 15) is 14.9 Å². The minimum Gasteiger partial charge on any atom is -0.455 e. The molecule has 0 aliphatic heterocycles. The van der Waals surface area contributed by atoms with E-state index in [4.69, 9.17) is 4.42 Å². The Bertz CT molecular complexity index is 980. The van der Waals surface area contributed by atoms with Crippen LogP contribution in [0.2, 0.25) is 0 Å². The van der Waals surface area contributed by atoms with Crippen molar-refractivity contribution in [2.75, 3.05) is 0 Å². The molecule has 0 atom stereocenters. The molecule has 2 aromatic heterocycles. The highest BCUT2D eigenvalue weighted by atomic mass is 16.6. The Morgan fingerprint density at radius 3 is 2.85 bits per heavy atom. The van der Waals surface area contributed by atoms with E-state index in [-0.39, 0.29) is 11.4 Å². The number of aryl methyl sites for hydroxylation is 1. The van der Waals surface area contributed by atoms with E-state index in [1.165, 1.54) is 24.5 Å². The van der Waals surface area contributed by atoms with Crippen LogP contribution in [0.25, 0.3) is 11.3 Å². The van der Waals surface area contributed by atoms with E-state index in [1.807, 2.05) is 6.92 Å². The average Bonchev–Trinajstić information content (AvgIpc) is 3.11. The predicted molar refractivity (Wildman–Crippen MR) is 94.8 cm³/mol. The van der Waals surface area contributed by atoms with E-state index in [0.29, 0.717) is 17.1 Å². The van der Waals surface area contributed by atoms with Gasteiger partial charge in [0, 0.05) is 23.9 Å². The average molecular weight is 350 g/mol. The summed E-state index contributed by atoms with van der Waals surface area (Å²) in [6.45, 7) is 1.84. The molecule has 3 rings (SSSR count). The van der Waals surface area contributed by atoms with Gasteiger partial charge in [0.15, 0.2) is 0 Å². The van der Waals surface area contributed by atoms with Crippen LogP contribution in [-0.4, -0.2) is 22.0 Å². The second-order valence-corrected chi connectivity index (χ2v) is 5.37. The molecule has 0 aliphatic rings. The maximum Gasteiger partial charge on any atom is 0.289 e. The van der Waals surface area contributed by atoms with Gasteiger partial charge in [-0.15, -0.1) is 0 Å². The SMILES string of the molecule is Cc1ccc([N+](=O)[O-])cc1-c1ccc(/C=N\NC(=O)c2ccccn2)o1. The summed E-state index contributed by atoms with van der Waals surface area (Å²) >= 11 is 0. The zero-order valence-corrected chi connectivity index (χ0v) is 13.7. The van der Waals surface area contributed by atoms with Crippen LogP contribution in [0.1, 0.15) is 21.8 Å². The van der Waals surface area contributed by atoms with Gasteiger partial charge in [-0.3, -0.25) is 19.9 Å². The lowest BCUT2D eigenvalue weighted by atomic mass is 10.1. The van der Waals surface area contributed by atoms with Crippen LogP contribution in [0.15, 0.2) is 64.2 Å². The Hall–Kier alpha value is -3.81. The summed E-state index contributed by atoms with van der Waals surface area (Å²) in [4.78, 5) is 26.2. The first kappa shape index (κ1) is 17.0. The van der Waals surface area contributed by atoms with Gasteiger partial charge in [-0.2, -0.15) is 5.10 Å². The zero-order valence-electron chi connectivity index (χ0n) is 13.7. The number of rotatable bonds is 5. The van der Waals surface area contributed by atoms with Crippen LogP contribution >= 0.6 is 0 Å². The summed E-state index contributed by atoms with van der Waals surface area (Å²) in [7, 11) is 0. The Morgan fingerprint density at radius 2 is 2.12 bits per heavy atom. The fraction of sp³-hybridized carbons (Fsp3) is 0.0556. The monoisotopic (exact) mass is 350 g/mol. The summed E-state index contributed by atoms with van der Waals surface area (Å²) in [5, 5.41) is 14.8. The van der Waals surface area contributed by atoms with Crippen molar-refractivity contribution in [1.29, 1.82) is 0 Å². The number of hydrogen-bond donors (Lipinski definition) is 1. The first-order valence-electron chi connectivity index (χ1n) is 7.64. The van der Waals surface area contributed by atoms with Gasteiger partial charge in [-0.25, -0.2) is 5.43 Å². The summed E-state index contributed by atoms with van der Waals surface area (Å²) in [6.07, 6.45) is 2.86. The third-order valence-electron chi connectivity index (χ3n) is 3.58. The molecule has 0 aliphatic carbocycles. The summed E-state index contributed by atoms with van der Waals surface area (Å²) in [6, 6.07) is 12.9. The van der Waals surface area contributed by atoms with Gasteiger partial charge in [0.25, 0.3) is 11.6 Å². The van der Waals surface area contributed by atoms with E-state index in [1.54, 1.807) is 36.4 Å². The quantitative estimate of drug-likeness (QED) is 0.431. The van der Waals surface area contributed by atoms with Gasteiger partial charge < -0.3 is 4.42 Å². The number of furan rings is 1. The minimum absolute atomic E-state index is 0.0140. The summed E-state index contributed by atoms with van der Waals surface area (Å²) in [5.41, 5.74) is 4.05. The molecule has 8 nitrogen and oxygen atoms in total. The van der Waals surface area contributed by atoms with Gasteiger partial charge in [0.05, 0.1) is 11.1 Å². The van der Waals surface area contributed by atoms with Gasteiger partial charge in [0.2, 0.25) is 0 Å². The van der Waals surface area contributed by atoms with E-state index >= 15 is 0 Å². The molecule has 1 aromatic carbocycles. The number of aromatic nitrogens is 1. The van der Waals surface area contributed by atoms with Gasteiger partial charge in [-0.05, 0) is 36.8 Å². The molecule has 1 N–H and O–H groups in total. The summed E-state index contributed by atoms with van der Waals surface area (Å²) < 4.78 is 5.63. The molecular weight excluding hydrogens is 336 g/mol. The van der Waals surface area contributed by atoms with Crippen LogP contribution in [0.4, 0.5) is 5.69 Å². The highest BCUT2D eigenvalue weighted by molar-refractivity contribution is 5.92. The van der Waals surface area contributed by atoms with Crippen molar-refractivity contribution in [3.05, 3.63) is 81.9 Å². The molecule has 26 heavy (non-hydrogen) atoms. The number of non-ortho nitro benzene ring substituents is 1. The number of amides is 1. The van der Waals surface area contributed by atoms with Crippen molar-refractivity contribution in [3.8, 4) is 11.3 Å². The number of nitrogens with zero attached hydrogens (tertiary/aromatic N) is 3. The highest BCUT2D eigenvalue weighted by Crippen LogP contribution is 2.28. The molecule has 0 radical (unpaired) electrons. The van der Waals surface area contributed by atoms with Gasteiger partial charge in [-0.1, -0.05) is 12.1 Å². The molecule has 0 bridgehead atoms. The molecule has 2 heterocycles. The lowest BCUT2D eigenvalue weighted by Crippen LogP contribution is -2.18. The maximum absolute atomic E-state index is 11.8. The Balaban J connectivity index is 1.73. The molecule has 0 saturated heterocycles. The lowest BCUT2D eigenvalue weighted by Gasteiger charge is -2.02. The highest BCUT2D eigenvalue weighted by Gasteiger charge is 2.13. The number of nitrogens with one attached hydrogen (secondary N) is 1. The molecule has 0 unspecified atom stereocenters. The van der Waals surface area contributed by atoms with Crippen LogP contribution < -0.4 is 5.43 Å². The number of pyridine rings is 1. The number of nitro benzene ring substituents is 1. The summed E-state index contributed by atoms with van der Waals surface area (Å²) in [5.74, 6) is 0.430. The van der Waals surface area contributed by atoms with Crippen LogP contribution in [0.3, 0.4) is 0 Å². The second-order valence-electron chi connectivity index (χ2n) is 5.37. The Kier molecular flexibility index (Phi) is 4.84. The van der Waals surface area contributed by atoms with Crippen LogP contribution in [0.5, 0.6) is 0 Å². The molecule has 0 saturated carbocycles. The normalized spacial score (nSPS) is 10.8. The standard InChI is InChI=1S/C18H14N4O4/c1-12-5-6-13(22(24)25)10-15(12)17-8-7-14(26-17)11-20-21-18(23)16-4-2-3-9-19-16/h2-11H,1H3,(H,21,23)/b20-11-. The molecule has 1 amide bonds. The number of carbonyl (C=O) groups excluding carboxylic acids is 1. The number of carbonyl (C=O) groups is 1. The first-order chi connectivity index (χ1) is 12.5. The largest absolute Gasteiger partial charge is 0.455 e. The van der Waals surface area contributed by atoms with Gasteiger partial charge in [0.1, 0.15) is 17.2 Å². The van der Waals surface area contributed by atoms with Crippen molar-refractivity contribution in [1.82, 2.24) is 10.4 Å². The van der Waals surface area contributed by atoms with E-state index < -0.39 is 10.8 Å². The van der Waals surface area contributed by atoms with E-state index in [2.05, 4.69) is 15.5 Å². The van der Waals surface area contributed by atoms with Crippen LogP contribution in [0, 0.1) is 17.0 Å². The second kappa shape index (κ2) is 7.39.